The van der Waals surface area contributed by atoms with Crippen LogP contribution in [-0.2, 0) is 0 Å². The van der Waals surface area contributed by atoms with Crippen molar-refractivity contribution in [2.24, 2.45) is 0 Å². The van der Waals surface area contributed by atoms with Gasteiger partial charge >= 0.3 is 0 Å². The van der Waals surface area contributed by atoms with Gasteiger partial charge in [-0.25, -0.2) is 0 Å². The average molecular weight is 388 g/mol. The lowest BCUT2D eigenvalue weighted by Gasteiger charge is -2.38. The number of carbonyl (C=O) groups is 1. The Bertz CT molecular complexity index is 1080. The molecular weight excluding hydrogens is 368 g/mol. The van der Waals surface area contributed by atoms with E-state index in [2.05, 4.69) is 5.32 Å². The number of para-hydroxylation sites is 2. The molecule has 0 radical (unpaired) electrons. The van der Waals surface area contributed by atoms with Gasteiger partial charge in [0.25, 0.3) is 5.91 Å². The Balaban J connectivity index is 1.66. The smallest absolute Gasteiger partial charge is 0.262 e. The molecular formula is C23H20N2O4. The second-order valence-corrected chi connectivity index (χ2v) is 6.84. The molecule has 0 aromatic heterocycles. The molecule has 146 valence electrons. The van der Waals surface area contributed by atoms with Gasteiger partial charge in [-0.3, -0.25) is 9.69 Å². The summed E-state index contributed by atoms with van der Waals surface area (Å²) in [5, 5.41) is 3.50. The van der Waals surface area contributed by atoms with Crippen molar-refractivity contribution < 1.29 is 19.0 Å². The number of nitrogens with zero attached hydrogens (tertiary/aromatic N) is 1. The zero-order valence-corrected chi connectivity index (χ0v) is 15.9. The van der Waals surface area contributed by atoms with Crippen molar-refractivity contribution >= 4 is 17.3 Å². The number of nitrogens with one attached hydrogen (secondary N) is 1. The van der Waals surface area contributed by atoms with Crippen LogP contribution in [0.5, 0.6) is 17.2 Å². The van der Waals surface area contributed by atoms with E-state index in [0.29, 0.717) is 36.0 Å². The molecule has 6 nitrogen and oxygen atoms in total. The van der Waals surface area contributed by atoms with Crippen LogP contribution in [0.15, 0.2) is 66.7 Å². The van der Waals surface area contributed by atoms with Gasteiger partial charge in [0, 0.05) is 17.3 Å². The van der Waals surface area contributed by atoms with Crippen LogP contribution in [0.2, 0.25) is 0 Å². The molecule has 0 bridgehead atoms. The number of benzene rings is 3. The Hall–Kier alpha value is -3.67. The number of rotatable bonds is 3. The third kappa shape index (κ3) is 2.93. The Morgan fingerprint density at radius 3 is 2.59 bits per heavy atom. The van der Waals surface area contributed by atoms with Crippen LogP contribution in [0.4, 0.5) is 11.4 Å². The van der Waals surface area contributed by atoms with Crippen molar-refractivity contribution in [2.75, 3.05) is 30.5 Å². The summed E-state index contributed by atoms with van der Waals surface area (Å²) in [4.78, 5) is 15.3. The lowest BCUT2D eigenvalue weighted by atomic mass is 10.0. The topological polar surface area (TPSA) is 60.0 Å². The minimum Gasteiger partial charge on any atom is -0.496 e. The second-order valence-electron chi connectivity index (χ2n) is 6.84. The van der Waals surface area contributed by atoms with Crippen LogP contribution in [-0.4, -0.2) is 26.2 Å². The number of anilines is 2. The first kappa shape index (κ1) is 17.4. The highest BCUT2D eigenvalue weighted by Gasteiger charge is 2.36. The number of amides is 1. The molecule has 0 aliphatic carbocycles. The van der Waals surface area contributed by atoms with Crippen LogP contribution in [0.3, 0.4) is 0 Å². The van der Waals surface area contributed by atoms with E-state index in [0.717, 1.165) is 16.9 Å². The molecule has 2 heterocycles. The fourth-order valence-electron chi connectivity index (χ4n) is 3.81. The van der Waals surface area contributed by atoms with E-state index in [9.17, 15) is 4.79 Å². The van der Waals surface area contributed by atoms with Gasteiger partial charge in [-0.05, 0) is 30.3 Å². The van der Waals surface area contributed by atoms with Crippen LogP contribution < -0.4 is 24.4 Å². The molecule has 0 saturated carbocycles. The predicted octanol–water partition coefficient (Wildman–Crippen LogP) is 4.24. The van der Waals surface area contributed by atoms with Gasteiger partial charge < -0.3 is 19.5 Å². The zero-order valence-electron chi connectivity index (χ0n) is 15.9. The van der Waals surface area contributed by atoms with Gasteiger partial charge in [0.05, 0.1) is 18.4 Å². The molecule has 29 heavy (non-hydrogen) atoms. The van der Waals surface area contributed by atoms with Crippen molar-refractivity contribution in [3.63, 3.8) is 0 Å². The quantitative estimate of drug-likeness (QED) is 0.727. The second kappa shape index (κ2) is 7.05. The fraction of sp³-hybridized carbons (Fsp3) is 0.174. The number of hydrogen-bond acceptors (Lipinski definition) is 5. The van der Waals surface area contributed by atoms with Gasteiger partial charge in [0.1, 0.15) is 25.1 Å². The Kier molecular flexibility index (Phi) is 4.24. The molecule has 3 aromatic carbocycles. The van der Waals surface area contributed by atoms with Crippen LogP contribution >= 0.6 is 0 Å². The number of hydrogen-bond donors (Lipinski definition) is 1. The van der Waals surface area contributed by atoms with Crippen LogP contribution in [0.25, 0.3) is 0 Å². The Morgan fingerprint density at radius 2 is 1.72 bits per heavy atom. The summed E-state index contributed by atoms with van der Waals surface area (Å²) in [7, 11) is 1.63. The summed E-state index contributed by atoms with van der Waals surface area (Å²) in [5.41, 5.74) is 3.00. The largest absolute Gasteiger partial charge is 0.496 e. The minimum absolute atomic E-state index is 0.0908. The highest BCUT2D eigenvalue weighted by atomic mass is 16.6. The van der Waals surface area contributed by atoms with Gasteiger partial charge in [0.15, 0.2) is 11.5 Å². The van der Waals surface area contributed by atoms with E-state index in [-0.39, 0.29) is 5.91 Å². The monoisotopic (exact) mass is 388 g/mol. The van der Waals surface area contributed by atoms with Gasteiger partial charge in [-0.2, -0.15) is 0 Å². The standard InChI is InChI=1S/C23H20N2O4/c1-27-19-9-5-3-7-17(19)22-24-18-8-4-2-6-16(18)23(26)25(22)15-10-11-20-21(14-15)29-13-12-28-20/h2-11,14,22,24H,12-13H2,1H3. The maximum atomic E-state index is 13.5. The highest BCUT2D eigenvalue weighted by molar-refractivity contribution is 6.12. The molecule has 0 spiro atoms. The molecule has 6 heteroatoms. The molecule has 2 aliphatic heterocycles. The molecule has 0 saturated heterocycles. The number of ether oxygens (including phenoxy) is 3. The summed E-state index contributed by atoms with van der Waals surface area (Å²) < 4.78 is 16.9. The number of carbonyl (C=O) groups excluding carboxylic acids is 1. The normalized spacial score (nSPS) is 17.3. The van der Waals surface area contributed by atoms with E-state index in [1.54, 1.807) is 12.0 Å². The van der Waals surface area contributed by atoms with Crippen molar-refractivity contribution in [1.82, 2.24) is 0 Å². The summed E-state index contributed by atoms with van der Waals surface area (Å²) >= 11 is 0. The van der Waals surface area contributed by atoms with E-state index in [1.165, 1.54) is 0 Å². The molecule has 5 rings (SSSR count). The number of fused-ring (bicyclic) bond motifs is 2. The zero-order chi connectivity index (χ0) is 19.8. The fourth-order valence-corrected chi connectivity index (χ4v) is 3.81. The third-order valence-electron chi connectivity index (χ3n) is 5.16. The van der Waals surface area contributed by atoms with E-state index < -0.39 is 6.17 Å². The van der Waals surface area contributed by atoms with Gasteiger partial charge in [-0.1, -0.05) is 30.3 Å². The molecule has 0 fully saturated rings. The highest BCUT2D eigenvalue weighted by Crippen LogP contribution is 2.42. The first-order valence-corrected chi connectivity index (χ1v) is 9.48. The van der Waals surface area contributed by atoms with Crippen molar-refractivity contribution in [2.45, 2.75) is 6.17 Å². The van der Waals surface area contributed by atoms with Gasteiger partial charge in [0.2, 0.25) is 0 Å². The van der Waals surface area contributed by atoms with E-state index in [1.807, 2.05) is 66.7 Å². The summed E-state index contributed by atoms with van der Waals surface area (Å²) in [6.45, 7) is 1.01. The third-order valence-corrected chi connectivity index (χ3v) is 5.16. The molecule has 1 N–H and O–H groups in total. The Labute approximate surface area is 168 Å². The summed E-state index contributed by atoms with van der Waals surface area (Å²) in [5.74, 6) is 1.94. The lowest BCUT2D eigenvalue weighted by molar-refractivity contribution is 0.0974. The van der Waals surface area contributed by atoms with Crippen LogP contribution in [0, 0.1) is 0 Å². The molecule has 1 amide bonds. The van der Waals surface area contributed by atoms with E-state index >= 15 is 0 Å². The van der Waals surface area contributed by atoms with Crippen molar-refractivity contribution in [1.29, 1.82) is 0 Å². The van der Waals surface area contributed by atoms with Gasteiger partial charge in [-0.15, -0.1) is 0 Å². The van der Waals surface area contributed by atoms with Crippen LogP contribution in [0.1, 0.15) is 22.1 Å². The minimum atomic E-state index is -0.434. The molecule has 2 aliphatic rings. The average Bonchev–Trinajstić information content (AvgIpc) is 2.78. The summed E-state index contributed by atoms with van der Waals surface area (Å²) in [6.07, 6.45) is -0.434. The molecule has 1 atom stereocenters. The summed E-state index contributed by atoms with van der Waals surface area (Å²) in [6, 6.07) is 20.8. The lowest BCUT2D eigenvalue weighted by Crippen LogP contribution is -2.43. The maximum absolute atomic E-state index is 13.5. The molecule has 1 unspecified atom stereocenters. The van der Waals surface area contributed by atoms with E-state index in [4.69, 9.17) is 14.2 Å². The first-order valence-electron chi connectivity index (χ1n) is 9.48. The number of methoxy groups -OCH3 is 1. The Morgan fingerprint density at radius 1 is 0.966 bits per heavy atom. The predicted molar refractivity (Wildman–Crippen MR) is 110 cm³/mol. The van der Waals surface area contributed by atoms with Crippen molar-refractivity contribution in [3.8, 4) is 17.2 Å². The SMILES string of the molecule is COc1ccccc1C1Nc2ccccc2C(=O)N1c1ccc2c(c1)OCCO2. The first-order chi connectivity index (χ1) is 14.3. The molecule has 3 aromatic rings. The maximum Gasteiger partial charge on any atom is 0.262 e. The van der Waals surface area contributed by atoms with Crippen molar-refractivity contribution in [3.05, 3.63) is 77.9 Å².